The van der Waals surface area contributed by atoms with E-state index in [0.29, 0.717) is 18.8 Å². The minimum Gasteiger partial charge on any atom is -0.354 e. The number of aromatic nitrogens is 1. The molecule has 134 valence electrons. The van der Waals surface area contributed by atoms with E-state index in [9.17, 15) is 9.18 Å². The summed E-state index contributed by atoms with van der Waals surface area (Å²) in [5.74, 6) is 0.501. The summed E-state index contributed by atoms with van der Waals surface area (Å²) < 4.78 is 13.3. The predicted octanol–water partition coefficient (Wildman–Crippen LogP) is 4.82. The number of benzene rings is 2. The molecule has 1 unspecified atom stereocenters. The molecule has 0 bridgehead atoms. The van der Waals surface area contributed by atoms with Crippen LogP contribution in [0.15, 0.2) is 48.5 Å². The number of fused-ring (bicyclic) bond motifs is 1. The Morgan fingerprint density at radius 3 is 2.65 bits per heavy atom. The molecule has 1 heterocycles. The molecule has 4 rings (SSSR count). The number of H-pyrrole nitrogens is 1. The maximum absolute atomic E-state index is 13.3. The van der Waals surface area contributed by atoms with Crippen LogP contribution in [0, 0.1) is 11.7 Å². The molecule has 3 aromatic rings. The number of carbonyl (C=O) groups is 1. The van der Waals surface area contributed by atoms with Gasteiger partial charge in [-0.05, 0) is 73.6 Å². The van der Waals surface area contributed by atoms with Gasteiger partial charge in [-0.15, -0.1) is 0 Å². The Morgan fingerprint density at radius 1 is 1.19 bits per heavy atom. The summed E-state index contributed by atoms with van der Waals surface area (Å²) in [5, 5.41) is 4.24. The molecule has 1 amide bonds. The van der Waals surface area contributed by atoms with E-state index in [4.69, 9.17) is 0 Å². The van der Waals surface area contributed by atoms with Gasteiger partial charge in [0.15, 0.2) is 0 Å². The maximum atomic E-state index is 13.3. The van der Waals surface area contributed by atoms with E-state index in [1.807, 2.05) is 18.2 Å². The Labute approximate surface area is 152 Å². The highest BCUT2D eigenvalue weighted by molar-refractivity contribution is 5.91. The van der Waals surface area contributed by atoms with Crippen LogP contribution in [-0.4, -0.2) is 16.9 Å². The number of amides is 1. The van der Waals surface area contributed by atoms with Crippen molar-refractivity contribution in [2.75, 3.05) is 0 Å². The highest BCUT2D eigenvalue weighted by atomic mass is 19.1. The third-order valence-corrected chi connectivity index (χ3v) is 5.27. The molecular weight excluding hydrogens is 327 g/mol. The summed E-state index contributed by atoms with van der Waals surface area (Å²) in [5.41, 5.74) is 4.05. The van der Waals surface area contributed by atoms with Crippen molar-refractivity contribution in [2.24, 2.45) is 5.92 Å². The second-order valence-electron chi connectivity index (χ2n) is 7.22. The molecule has 0 radical (unpaired) electrons. The lowest BCUT2D eigenvalue weighted by Gasteiger charge is -2.13. The lowest BCUT2D eigenvalue weighted by atomic mass is 10.0. The number of hydrogen-bond acceptors (Lipinski definition) is 1. The molecule has 2 N–H and O–H groups in total. The lowest BCUT2D eigenvalue weighted by molar-refractivity contribution is -0.121. The van der Waals surface area contributed by atoms with Crippen molar-refractivity contribution in [2.45, 2.75) is 38.6 Å². The van der Waals surface area contributed by atoms with Gasteiger partial charge in [-0.2, -0.15) is 0 Å². The normalized spacial score (nSPS) is 15.2. The summed E-state index contributed by atoms with van der Waals surface area (Å²) >= 11 is 0. The Balaban J connectivity index is 1.59. The number of nitrogens with one attached hydrogen (secondary N) is 2. The minimum absolute atomic E-state index is 0.0970. The Kier molecular flexibility index (Phi) is 4.49. The molecule has 3 nitrogen and oxygen atoms in total. The first-order valence-electron chi connectivity index (χ1n) is 9.26. The van der Waals surface area contributed by atoms with Crippen LogP contribution in [0.5, 0.6) is 0 Å². The minimum atomic E-state index is -0.250. The van der Waals surface area contributed by atoms with E-state index >= 15 is 0 Å². The second-order valence-corrected chi connectivity index (χ2v) is 7.22. The van der Waals surface area contributed by atoms with Crippen molar-refractivity contribution in [3.8, 4) is 11.3 Å². The molecule has 1 fully saturated rings. The van der Waals surface area contributed by atoms with Crippen LogP contribution >= 0.6 is 0 Å². The van der Waals surface area contributed by atoms with E-state index in [1.54, 1.807) is 12.1 Å². The van der Waals surface area contributed by atoms with Gasteiger partial charge in [0.25, 0.3) is 0 Å². The Hall–Kier alpha value is -2.62. The fourth-order valence-electron chi connectivity index (χ4n) is 3.60. The molecule has 0 spiro atoms. The molecule has 4 heteroatoms. The van der Waals surface area contributed by atoms with Crippen molar-refractivity contribution in [1.82, 2.24) is 10.3 Å². The Bertz CT molecular complexity index is 925. The summed E-state index contributed by atoms with van der Waals surface area (Å²) in [4.78, 5) is 15.8. The highest BCUT2D eigenvalue weighted by Crippen LogP contribution is 2.33. The first-order chi connectivity index (χ1) is 12.6. The van der Waals surface area contributed by atoms with Gasteiger partial charge in [0.05, 0.1) is 0 Å². The van der Waals surface area contributed by atoms with Gasteiger partial charge < -0.3 is 10.3 Å². The number of rotatable bonds is 6. The lowest BCUT2D eigenvalue weighted by Crippen LogP contribution is -2.34. The van der Waals surface area contributed by atoms with Crippen LogP contribution in [-0.2, 0) is 11.2 Å². The summed E-state index contributed by atoms with van der Waals surface area (Å²) in [7, 11) is 0. The summed E-state index contributed by atoms with van der Waals surface area (Å²) in [6.45, 7) is 2.09. The van der Waals surface area contributed by atoms with E-state index < -0.39 is 0 Å². The zero-order chi connectivity index (χ0) is 18.1. The van der Waals surface area contributed by atoms with Crippen LogP contribution in [0.2, 0.25) is 0 Å². The molecule has 26 heavy (non-hydrogen) atoms. The average Bonchev–Trinajstić information content (AvgIpc) is 3.42. The first-order valence-corrected chi connectivity index (χ1v) is 9.26. The third kappa shape index (κ3) is 3.50. The largest absolute Gasteiger partial charge is 0.354 e. The first kappa shape index (κ1) is 16.8. The predicted molar refractivity (Wildman–Crippen MR) is 102 cm³/mol. The molecule has 1 aliphatic rings. The average molecular weight is 350 g/mol. The standard InChI is InChI=1S/C22H23FN2O/c1-14(15-6-7-15)24-21(26)13-12-19-18-4-2-3-5-20(18)25-22(19)16-8-10-17(23)11-9-16/h2-5,8-11,14-15,25H,6-7,12-13H2,1H3,(H,24,26). The second kappa shape index (κ2) is 6.94. The van der Waals surface area contributed by atoms with Gasteiger partial charge in [-0.3, -0.25) is 4.79 Å². The van der Waals surface area contributed by atoms with Crippen molar-refractivity contribution < 1.29 is 9.18 Å². The molecule has 1 atom stereocenters. The van der Waals surface area contributed by atoms with E-state index in [-0.39, 0.29) is 17.8 Å². The van der Waals surface area contributed by atoms with Crippen LogP contribution in [0.25, 0.3) is 22.2 Å². The Morgan fingerprint density at radius 2 is 1.92 bits per heavy atom. The van der Waals surface area contributed by atoms with Gasteiger partial charge in [-0.25, -0.2) is 4.39 Å². The van der Waals surface area contributed by atoms with Crippen molar-refractivity contribution in [3.63, 3.8) is 0 Å². The molecule has 0 saturated heterocycles. The molecule has 1 aromatic heterocycles. The zero-order valence-corrected chi connectivity index (χ0v) is 14.9. The van der Waals surface area contributed by atoms with E-state index in [2.05, 4.69) is 23.3 Å². The smallest absolute Gasteiger partial charge is 0.220 e. The van der Waals surface area contributed by atoms with E-state index in [0.717, 1.165) is 27.7 Å². The number of carbonyl (C=O) groups excluding carboxylic acids is 1. The number of aryl methyl sites for hydroxylation is 1. The monoisotopic (exact) mass is 350 g/mol. The molecule has 1 saturated carbocycles. The summed E-state index contributed by atoms with van der Waals surface area (Å²) in [6.07, 6.45) is 3.55. The van der Waals surface area contributed by atoms with Crippen LogP contribution in [0.1, 0.15) is 31.7 Å². The number of para-hydroxylation sites is 1. The summed E-state index contributed by atoms with van der Waals surface area (Å²) in [6, 6.07) is 14.8. The topological polar surface area (TPSA) is 44.9 Å². The number of hydrogen-bond donors (Lipinski definition) is 2. The van der Waals surface area contributed by atoms with Gasteiger partial charge in [0.2, 0.25) is 5.91 Å². The molecule has 0 aliphatic heterocycles. The van der Waals surface area contributed by atoms with E-state index in [1.165, 1.54) is 25.0 Å². The number of aromatic amines is 1. The van der Waals surface area contributed by atoms with Gasteiger partial charge in [-0.1, -0.05) is 18.2 Å². The van der Waals surface area contributed by atoms with Crippen LogP contribution in [0.3, 0.4) is 0 Å². The fraction of sp³-hybridized carbons (Fsp3) is 0.318. The molecular formula is C22H23FN2O. The zero-order valence-electron chi connectivity index (χ0n) is 14.9. The van der Waals surface area contributed by atoms with Crippen molar-refractivity contribution >= 4 is 16.8 Å². The van der Waals surface area contributed by atoms with Crippen LogP contribution in [0.4, 0.5) is 4.39 Å². The highest BCUT2D eigenvalue weighted by Gasteiger charge is 2.28. The van der Waals surface area contributed by atoms with Gasteiger partial charge in [0, 0.05) is 29.1 Å². The van der Waals surface area contributed by atoms with Crippen molar-refractivity contribution in [3.05, 3.63) is 59.9 Å². The van der Waals surface area contributed by atoms with Crippen molar-refractivity contribution in [1.29, 1.82) is 0 Å². The third-order valence-electron chi connectivity index (χ3n) is 5.27. The fourth-order valence-corrected chi connectivity index (χ4v) is 3.60. The van der Waals surface area contributed by atoms with Gasteiger partial charge >= 0.3 is 0 Å². The molecule has 1 aliphatic carbocycles. The molecule has 2 aromatic carbocycles. The maximum Gasteiger partial charge on any atom is 0.220 e. The van der Waals surface area contributed by atoms with Gasteiger partial charge in [0.1, 0.15) is 5.82 Å². The van der Waals surface area contributed by atoms with Crippen LogP contribution < -0.4 is 5.32 Å². The SMILES string of the molecule is CC(NC(=O)CCc1c(-c2ccc(F)cc2)[nH]c2ccccc12)C1CC1. The quantitative estimate of drug-likeness (QED) is 0.658. The number of halogens is 1.